The molecule has 0 unspecified atom stereocenters. The van der Waals surface area contributed by atoms with E-state index in [2.05, 4.69) is 16.8 Å². The summed E-state index contributed by atoms with van der Waals surface area (Å²) in [4.78, 5) is 3.65. The van der Waals surface area contributed by atoms with Gasteiger partial charge in [0.05, 0.1) is 11.4 Å². The van der Waals surface area contributed by atoms with Crippen molar-refractivity contribution in [3.8, 4) is 11.5 Å². The summed E-state index contributed by atoms with van der Waals surface area (Å²) in [5.41, 5.74) is 2.26. The highest BCUT2D eigenvalue weighted by molar-refractivity contribution is 6.08. The number of methoxy groups -OCH3 is 1. The number of nitrogens with zero attached hydrogens (tertiary/aromatic N) is 2. The number of piperazine rings is 1. The normalized spacial score (nSPS) is 14.5. The van der Waals surface area contributed by atoms with E-state index in [-0.39, 0.29) is 41.4 Å². The molecule has 2 aromatic carbocycles. The molecule has 2 aromatic rings. The predicted molar refractivity (Wildman–Crippen MR) is 130 cm³/mol. The van der Waals surface area contributed by atoms with Crippen molar-refractivity contribution in [3.63, 3.8) is 0 Å². The van der Waals surface area contributed by atoms with Gasteiger partial charge in [0, 0.05) is 57.0 Å². The molecule has 4 N–H and O–H groups in total. The van der Waals surface area contributed by atoms with E-state index in [4.69, 9.17) is 10.1 Å². The Morgan fingerprint density at radius 1 is 1.21 bits per heavy atom. The average molecular weight is 457 g/mol. The zero-order chi connectivity index (χ0) is 24.1. The van der Waals surface area contributed by atoms with Gasteiger partial charge in [0.1, 0.15) is 29.8 Å². The Bertz CT molecular complexity index is 1020. The fourth-order valence-electron chi connectivity index (χ4n) is 4.00. The van der Waals surface area contributed by atoms with E-state index in [1.165, 1.54) is 24.1 Å². The average Bonchev–Trinajstić information content (AvgIpc) is 2.76. The maximum Gasteiger partial charge on any atom is 0.131 e. The predicted octanol–water partition coefficient (Wildman–Crippen LogP) is 3.87. The third-order valence-corrected chi connectivity index (χ3v) is 5.80. The molecular weight excluding hydrogens is 423 g/mol. The summed E-state index contributed by atoms with van der Waals surface area (Å²) < 4.78 is 20.2. The summed E-state index contributed by atoms with van der Waals surface area (Å²) in [6, 6.07) is 7.78. The Morgan fingerprint density at radius 2 is 1.91 bits per heavy atom. The molecule has 0 atom stereocenters. The number of benzene rings is 2. The number of aromatic hydroxyl groups is 2. The van der Waals surface area contributed by atoms with Crippen LogP contribution >= 0.6 is 0 Å². The molecule has 0 spiro atoms. The number of phenols is 2. The van der Waals surface area contributed by atoms with Crippen LogP contribution in [-0.4, -0.2) is 60.8 Å². The Morgan fingerprint density at radius 3 is 2.52 bits per heavy atom. The van der Waals surface area contributed by atoms with Gasteiger partial charge in [-0.2, -0.15) is 0 Å². The lowest BCUT2D eigenvalue weighted by atomic mass is 9.97. The summed E-state index contributed by atoms with van der Waals surface area (Å²) in [5.74, 6) is -0.512. The van der Waals surface area contributed by atoms with Gasteiger partial charge >= 0.3 is 0 Å². The zero-order valence-electron chi connectivity index (χ0n) is 19.5. The van der Waals surface area contributed by atoms with Crippen molar-refractivity contribution in [2.45, 2.75) is 26.3 Å². The highest BCUT2D eigenvalue weighted by Gasteiger charge is 2.23. The molecule has 1 fully saturated rings. The lowest BCUT2D eigenvalue weighted by Crippen LogP contribution is -2.43. The highest BCUT2D eigenvalue weighted by atomic mass is 19.1. The van der Waals surface area contributed by atoms with Crippen LogP contribution in [0.3, 0.4) is 0 Å². The molecular formula is C25H33FN4O3. The van der Waals surface area contributed by atoms with E-state index in [0.717, 1.165) is 26.2 Å². The first-order valence-corrected chi connectivity index (χ1v) is 11.1. The molecule has 1 saturated heterocycles. The molecule has 1 heterocycles. The van der Waals surface area contributed by atoms with E-state index in [9.17, 15) is 10.2 Å². The number of nitrogens with one attached hydrogen (secondary N) is 2. The number of anilines is 1. The first-order valence-electron chi connectivity index (χ1n) is 11.1. The topological polar surface area (TPSA) is 92.1 Å². The second kappa shape index (κ2) is 10.8. The SMILES string of the molecule is C=C(c1cc(C(C)C)c(O)cc1O)N(C(=N)COC)c1ccc(CN2CCNCC2)c(F)c1. The maximum atomic E-state index is 15.1. The third-order valence-electron chi connectivity index (χ3n) is 5.80. The molecule has 33 heavy (non-hydrogen) atoms. The molecule has 178 valence electrons. The molecule has 7 nitrogen and oxygen atoms in total. The van der Waals surface area contributed by atoms with Gasteiger partial charge < -0.3 is 20.3 Å². The molecule has 0 amide bonds. The van der Waals surface area contributed by atoms with Crippen molar-refractivity contribution in [1.29, 1.82) is 5.41 Å². The zero-order valence-corrected chi connectivity index (χ0v) is 19.5. The first-order chi connectivity index (χ1) is 15.7. The molecule has 1 aliphatic rings. The van der Waals surface area contributed by atoms with Crippen LogP contribution in [0.25, 0.3) is 5.70 Å². The van der Waals surface area contributed by atoms with Crippen molar-refractivity contribution in [3.05, 3.63) is 59.4 Å². The van der Waals surface area contributed by atoms with E-state index >= 15 is 4.39 Å². The first kappa shape index (κ1) is 24.7. The number of rotatable bonds is 8. The molecule has 0 saturated carbocycles. The van der Waals surface area contributed by atoms with E-state index < -0.39 is 0 Å². The number of phenolic OH excluding ortho intramolecular Hbond substituents is 2. The minimum Gasteiger partial charge on any atom is -0.508 e. The smallest absolute Gasteiger partial charge is 0.131 e. The lowest BCUT2D eigenvalue weighted by molar-refractivity contribution is 0.230. The van der Waals surface area contributed by atoms with Crippen molar-refractivity contribution in [2.75, 3.05) is 44.8 Å². The van der Waals surface area contributed by atoms with E-state index in [0.29, 0.717) is 28.9 Å². The summed E-state index contributed by atoms with van der Waals surface area (Å²) in [6.45, 7) is 11.9. The number of halogens is 1. The standard InChI is InChI=1S/C25H33FN4O3/c1-16(2)20-12-21(24(32)13-23(20)31)17(3)30(25(27)15-33-4)19-6-5-18(22(26)11-19)14-29-9-7-28-8-10-29/h5-6,11-13,16,27-28,31-32H,3,7-10,14-15H2,1-2,4H3. The van der Waals surface area contributed by atoms with Crippen molar-refractivity contribution < 1.29 is 19.3 Å². The van der Waals surface area contributed by atoms with Gasteiger partial charge in [0.25, 0.3) is 0 Å². The van der Waals surface area contributed by atoms with Gasteiger partial charge in [0.2, 0.25) is 0 Å². The van der Waals surface area contributed by atoms with Gasteiger partial charge in [-0.25, -0.2) is 4.39 Å². The van der Waals surface area contributed by atoms with Gasteiger partial charge in [-0.05, 0) is 29.7 Å². The van der Waals surface area contributed by atoms with Crippen LogP contribution < -0.4 is 10.2 Å². The number of hydrogen-bond acceptors (Lipinski definition) is 6. The quantitative estimate of drug-likeness (QED) is 0.356. The second-order valence-corrected chi connectivity index (χ2v) is 8.55. The summed E-state index contributed by atoms with van der Waals surface area (Å²) in [5, 5.41) is 32.5. The van der Waals surface area contributed by atoms with Gasteiger partial charge in [0.15, 0.2) is 0 Å². The fourth-order valence-corrected chi connectivity index (χ4v) is 4.00. The van der Waals surface area contributed by atoms with Crippen molar-refractivity contribution in [1.82, 2.24) is 10.2 Å². The number of hydrogen-bond donors (Lipinski definition) is 4. The van der Waals surface area contributed by atoms with Crippen molar-refractivity contribution >= 4 is 17.2 Å². The molecule has 8 heteroatoms. The van der Waals surface area contributed by atoms with Gasteiger partial charge in [-0.15, -0.1) is 0 Å². The van der Waals surface area contributed by atoms with Gasteiger partial charge in [-0.1, -0.05) is 26.5 Å². The minimum atomic E-state index is -0.369. The number of amidine groups is 1. The fraction of sp³-hybridized carbons (Fsp3) is 0.400. The Hall–Kier alpha value is -2.94. The van der Waals surface area contributed by atoms with Crippen LogP contribution in [0.5, 0.6) is 11.5 Å². The third kappa shape index (κ3) is 5.71. The number of ether oxygens (including phenoxy) is 1. The van der Waals surface area contributed by atoms with Crippen LogP contribution in [0.4, 0.5) is 10.1 Å². The van der Waals surface area contributed by atoms with Crippen LogP contribution in [0.1, 0.15) is 36.5 Å². The van der Waals surface area contributed by atoms with E-state index in [1.807, 2.05) is 13.8 Å². The minimum absolute atomic E-state index is 0.00532. The molecule has 0 aliphatic carbocycles. The maximum absolute atomic E-state index is 15.1. The van der Waals surface area contributed by atoms with Gasteiger partial charge in [-0.3, -0.25) is 15.2 Å². The molecule has 0 radical (unpaired) electrons. The highest BCUT2D eigenvalue weighted by Crippen LogP contribution is 2.38. The van der Waals surface area contributed by atoms with Crippen LogP contribution in [-0.2, 0) is 11.3 Å². The Labute approximate surface area is 194 Å². The molecule has 3 rings (SSSR count). The second-order valence-electron chi connectivity index (χ2n) is 8.55. The Kier molecular flexibility index (Phi) is 8.07. The largest absolute Gasteiger partial charge is 0.508 e. The van der Waals surface area contributed by atoms with E-state index in [1.54, 1.807) is 18.2 Å². The van der Waals surface area contributed by atoms with Crippen LogP contribution in [0.2, 0.25) is 0 Å². The molecule has 0 aromatic heterocycles. The van der Waals surface area contributed by atoms with Crippen molar-refractivity contribution in [2.24, 2.45) is 0 Å². The van der Waals surface area contributed by atoms with Crippen LogP contribution in [0, 0.1) is 11.2 Å². The lowest BCUT2D eigenvalue weighted by Gasteiger charge is -2.29. The van der Waals surface area contributed by atoms with Crippen LogP contribution in [0.15, 0.2) is 36.9 Å². The Balaban J connectivity index is 1.96. The monoisotopic (exact) mass is 456 g/mol. The summed E-state index contributed by atoms with van der Waals surface area (Å²) in [7, 11) is 1.47. The molecule has 0 bridgehead atoms. The molecule has 1 aliphatic heterocycles. The summed E-state index contributed by atoms with van der Waals surface area (Å²) >= 11 is 0. The summed E-state index contributed by atoms with van der Waals surface area (Å²) in [6.07, 6.45) is 0.